The zero-order valence-electron chi connectivity index (χ0n) is 26.3. The van der Waals surface area contributed by atoms with E-state index in [1.54, 1.807) is 0 Å². The minimum absolute atomic E-state index is 0.894. The van der Waals surface area contributed by atoms with Gasteiger partial charge in [0.15, 0.2) is 0 Å². The minimum atomic E-state index is 0.894. The van der Waals surface area contributed by atoms with Gasteiger partial charge in [0, 0.05) is 33.0 Å². The molecular weight excluding hydrogens is 583 g/mol. The molecule has 0 bridgehead atoms. The molecule has 1 heterocycles. The number of hydrogen-bond acceptors (Lipinski definition) is 2. The first kappa shape index (κ1) is 27.9. The van der Waals surface area contributed by atoms with Crippen molar-refractivity contribution in [1.82, 2.24) is 0 Å². The highest BCUT2D eigenvalue weighted by molar-refractivity contribution is 6.15. The molecule has 0 fully saturated rings. The van der Waals surface area contributed by atoms with Crippen LogP contribution in [0, 0.1) is 0 Å². The Labute approximate surface area is 279 Å². The first-order chi connectivity index (χ1) is 23.8. The Morgan fingerprint density at radius 1 is 0.354 bits per heavy atom. The second kappa shape index (κ2) is 11.8. The van der Waals surface area contributed by atoms with Gasteiger partial charge in [-0.2, -0.15) is 0 Å². The lowest BCUT2D eigenvalue weighted by Gasteiger charge is -2.30. The topological polar surface area (TPSA) is 16.4 Å². The highest BCUT2D eigenvalue weighted by Crippen LogP contribution is 2.46. The zero-order valence-corrected chi connectivity index (χ0v) is 26.3. The lowest BCUT2D eigenvalue weighted by atomic mass is 9.95. The van der Waals surface area contributed by atoms with Crippen molar-refractivity contribution in [1.29, 1.82) is 0 Å². The average molecular weight is 614 g/mol. The Morgan fingerprint density at radius 3 is 1.81 bits per heavy atom. The fraction of sp³-hybridized carbons (Fsp3) is 0. The third-order valence-corrected chi connectivity index (χ3v) is 9.26. The molecule has 0 amide bonds. The highest BCUT2D eigenvalue weighted by atomic mass is 16.3. The van der Waals surface area contributed by atoms with Crippen LogP contribution in [-0.4, -0.2) is 0 Å². The summed E-state index contributed by atoms with van der Waals surface area (Å²) in [5.41, 5.74) is 12.1. The van der Waals surface area contributed by atoms with Crippen molar-refractivity contribution < 1.29 is 4.42 Å². The van der Waals surface area contributed by atoms with Gasteiger partial charge < -0.3 is 9.32 Å². The number of benzene rings is 8. The van der Waals surface area contributed by atoms with Crippen LogP contribution in [0.15, 0.2) is 192 Å². The van der Waals surface area contributed by atoms with Crippen molar-refractivity contribution in [2.24, 2.45) is 0 Å². The van der Waals surface area contributed by atoms with Crippen molar-refractivity contribution in [2.75, 3.05) is 4.90 Å². The van der Waals surface area contributed by atoms with Gasteiger partial charge in [-0.3, -0.25) is 0 Å². The van der Waals surface area contributed by atoms with Crippen molar-refractivity contribution >= 4 is 49.8 Å². The molecule has 0 saturated carbocycles. The largest absolute Gasteiger partial charge is 0.455 e. The van der Waals surface area contributed by atoms with Gasteiger partial charge in [0.25, 0.3) is 0 Å². The van der Waals surface area contributed by atoms with Gasteiger partial charge >= 0.3 is 0 Å². The minimum Gasteiger partial charge on any atom is -0.455 e. The van der Waals surface area contributed by atoms with Crippen LogP contribution in [0.4, 0.5) is 17.1 Å². The van der Waals surface area contributed by atoms with Gasteiger partial charge in [0.2, 0.25) is 0 Å². The Bertz CT molecular complexity index is 2550. The molecule has 0 atom stereocenters. The normalized spacial score (nSPS) is 11.3. The second-order valence-electron chi connectivity index (χ2n) is 12.1. The van der Waals surface area contributed by atoms with E-state index in [2.05, 4.69) is 193 Å². The summed E-state index contributed by atoms with van der Waals surface area (Å²) in [6.07, 6.45) is 0. The third kappa shape index (κ3) is 4.83. The maximum Gasteiger partial charge on any atom is 0.143 e. The Balaban J connectivity index is 1.26. The van der Waals surface area contributed by atoms with Crippen molar-refractivity contribution in [3.8, 4) is 33.4 Å². The fourth-order valence-corrected chi connectivity index (χ4v) is 6.96. The predicted molar refractivity (Wildman–Crippen MR) is 202 cm³/mol. The van der Waals surface area contributed by atoms with Crippen LogP contribution in [0.1, 0.15) is 0 Å². The number of rotatable bonds is 6. The van der Waals surface area contributed by atoms with Crippen LogP contribution in [-0.2, 0) is 0 Å². The van der Waals surface area contributed by atoms with E-state index in [0.717, 1.165) is 55.5 Å². The van der Waals surface area contributed by atoms with E-state index >= 15 is 0 Å². The SMILES string of the molecule is c1ccc(-c2ccc(N(c3ccccc3)c3ccccc3-c3ccc4oc5c6ccccc6ccc5c4c3)c(-c3ccccc3)c2)cc1. The fourth-order valence-electron chi connectivity index (χ4n) is 6.96. The van der Waals surface area contributed by atoms with E-state index in [4.69, 9.17) is 4.42 Å². The van der Waals surface area contributed by atoms with Gasteiger partial charge in [-0.15, -0.1) is 0 Å². The molecular formula is C46H31NO. The summed E-state index contributed by atoms with van der Waals surface area (Å²) < 4.78 is 6.47. The molecule has 1 aromatic heterocycles. The molecule has 0 saturated heterocycles. The second-order valence-corrected chi connectivity index (χ2v) is 12.1. The van der Waals surface area contributed by atoms with Crippen LogP contribution >= 0.6 is 0 Å². The molecule has 0 spiro atoms. The molecule has 48 heavy (non-hydrogen) atoms. The van der Waals surface area contributed by atoms with Gasteiger partial charge in [-0.25, -0.2) is 0 Å². The molecule has 9 aromatic rings. The number of para-hydroxylation sites is 2. The van der Waals surface area contributed by atoms with Gasteiger partial charge in [0.1, 0.15) is 11.2 Å². The molecule has 2 nitrogen and oxygen atoms in total. The number of anilines is 3. The summed E-state index contributed by atoms with van der Waals surface area (Å²) in [4.78, 5) is 2.40. The van der Waals surface area contributed by atoms with E-state index in [1.807, 2.05) is 0 Å². The molecule has 0 unspecified atom stereocenters. The molecule has 8 aromatic carbocycles. The molecule has 0 radical (unpaired) electrons. The molecule has 0 aliphatic rings. The highest BCUT2D eigenvalue weighted by Gasteiger charge is 2.21. The van der Waals surface area contributed by atoms with Crippen molar-refractivity contribution in [2.45, 2.75) is 0 Å². The van der Waals surface area contributed by atoms with E-state index in [0.29, 0.717) is 0 Å². The van der Waals surface area contributed by atoms with E-state index in [1.165, 1.54) is 27.6 Å². The first-order valence-electron chi connectivity index (χ1n) is 16.4. The van der Waals surface area contributed by atoms with Gasteiger partial charge in [-0.1, -0.05) is 140 Å². The maximum atomic E-state index is 6.47. The third-order valence-electron chi connectivity index (χ3n) is 9.26. The summed E-state index contributed by atoms with van der Waals surface area (Å²) in [5.74, 6) is 0. The number of fused-ring (bicyclic) bond motifs is 5. The standard InChI is InChI=1S/C46H31NO/c1-4-14-32(15-5-1)35-25-28-44(41(30-35)33-16-6-2-7-17-33)47(37-19-8-3-9-20-37)43-23-13-12-21-38(43)36-26-29-45-42(31-36)40-27-24-34-18-10-11-22-39(34)46(40)48-45/h1-31H. The zero-order chi connectivity index (χ0) is 31.9. The Morgan fingerprint density at radius 2 is 1.00 bits per heavy atom. The number of hydrogen-bond donors (Lipinski definition) is 0. The molecule has 0 N–H and O–H groups in total. The smallest absolute Gasteiger partial charge is 0.143 e. The predicted octanol–water partition coefficient (Wildman–Crippen LogP) is 13.2. The molecule has 9 rings (SSSR count). The van der Waals surface area contributed by atoms with E-state index < -0.39 is 0 Å². The summed E-state index contributed by atoms with van der Waals surface area (Å²) in [6.45, 7) is 0. The molecule has 226 valence electrons. The van der Waals surface area contributed by atoms with Gasteiger partial charge in [0.05, 0.1) is 11.4 Å². The van der Waals surface area contributed by atoms with Crippen LogP contribution < -0.4 is 4.90 Å². The van der Waals surface area contributed by atoms with Crippen molar-refractivity contribution in [3.63, 3.8) is 0 Å². The number of furan rings is 1. The maximum absolute atomic E-state index is 6.47. The Kier molecular flexibility index (Phi) is 6.84. The molecule has 2 heteroatoms. The quantitative estimate of drug-likeness (QED) is 0.185. The Hall–Kier alpha value is -6.38. The lowest BCUT2D eigenvalue weighted by Crippen LogP contribution is -2.12. The van der Waals surface area contributed by atoms with Crippen molar-refractivity contribution in [3.05, 3.63) is 188 Å². The summed E-state index contributed by atoms with van der Waals surface area (Å²) in [5, 5.41) is 4.56. The van der Waals surface area contributed by atoms with Crippen LogP contribution in [0.5, 0.6) is 0 Å². The van der Waals surface area contributed by atoms with Gasteiger partial charge in [-0.05, 0) is 76.2 Å². The monoisotopic (exact) mass is 613 g/mol. The van der Waals surface area contributed by atoms with E-state index in [9.17, 15) is 0 Å². The molecule has 0 aliphatic heterocycles. The van der Waals surface area contributed by atoms with Crippen LogP contribution in [0.2, 0.25) is 0 Å². The van der Waals surface area contributed by atoms with E-state index in [-0.39, 0.29) is 0 Å². The average Bonchev–Trinajstić information content (AvgIpc) is 3.55. The van der Waals surface area contributed by atoms with Crippen LogP contribution in [0.25, 0.3) is 66.1 Å². The first-order valence-corrected chi connectivity index (χ1v) is 16.4. The molecule has 0 aliphatic carbocycles. The number of nitrogens with zero attached hydrogens (tertiary/aromatic N) is 1. The summed E-state index contributed by atoms with van der Waals surface area (Å²) in [6, 6.07) is 66.9. The lowest BCUT2D eigenvalue weighted by molar-refractivity contribution is 0.672. The summed E-state index contributed by atoms with van der Waals surface area (Å²) in [7, 11) is 0. The van der Waals surface area contributed by atoms with Crippen LogP contribution in [0.3, 0.4) is 0 Å². The summed E-state index contributed by atoms with van der Waals surface area (Å²) >= 11 is 0.